The highest BCUT2D eigenvalue weighted by Crippen LogP contribution is 2.12. The van der Waals surface area contributed by atoms with E-state index in [0.717, 1.165) is 18.7 Å². The van der Waals surface area contributed by atoms with Crippen molar-refractivity contribution in [2.45, 2.75) is 32.2 Å². The summed E-state index contributed by atoms with van der Waals surface area (Å²) >= 11 is 0. The average molecular weight is 290 g/mol. The molecule has 1 fully saturated rings. The molecule has 0 aliphatic carbocycles. The lowest BCUT2D eigenvalue weighted by Gasteiger charge is -2.30. The summed E-state index contributed by atoms with van der Waals surface area (Å²) in [5.41, 5.74) is 1.29. The number of anilines is 1. The molecular formula is C15H22N4O2. The van der Waals surface area contributed by atoms with Crippen LogP contribution in [0, 0.1) is 0 Å². The average Bonchev–Trinajstić information content (AvgIpc) is 2.49. The second kappa shape index (κ2) is 7.06. The van der Waals surface area contributed by atoms with E-state index < -0.39 is 0 Å². The summed E-state index contributed by atoms with van der Waals surface area (Å²) in [4.78, 5) is 29.4. The summed E-state index contributed by atoms with van der Waals surface area (Å²) in [6, 6.07) is 3.59. The lowest BCUT2D eigenvalue weighted by molar-refractivity contribution is -0.132. The number of pyridine rings is 1. The van der Waals surface area contributed by atoms with Gasteiger partial charge in [-0.3, -0.25) is 14.6 Å². The molecule has 1 atom stereocenters. The molecule has 21 heavy (non-hydrogen) atoms. The molecule has 1 aromatic heterocycles. The van der Waals surface area contributed by atoms with E-state index in [9.17, 15) is 9.59 Å². The van der Waals surface area contributed by atoms with Gasteiger partial charge >= 0.3 is 0 Å². The zero-order chi connectivity index (χ0) is 15.2. The topological polar surface area (TPSA) is 74.3 Å². The molecule has 1 unspecified atom stereocenters. The van der Waals surface area contributed by atoms with Crippen LogP contribution in [0.25, 0.3) is 0 Å². The van der Waals surface area contributed by atoms with Gasteiger partial charge in [-0.25, -0.2) is 0 Å². The number of carbonyl (C=O) groups is 2. The molecule has 1 aliphatic rings. The van der Waals surface area contributed by atoms with Gasteiger partial charge in [0.25, 0.3) is 5.91 Å². The summed E-state index contributed by atoms with van der Waals surface area (Å²) in [6.07, 6.45) is 3.81. The fraction of sp³-hybridized carbons (Fsp3) is 0.533. The van der Waals surface area contributed by atoms with Gasteiger partial charge < -0.3 is 15.5 Å². The third kappa shape index (κ3) is 4.18. The summed E-state index contributed by atoms with van der Waals surface area (Å²) in [6.45, 7) is 3.50. The minimum absolute atomic E-state index is 0.00532. The van der Waals surface area contributed by atoms with Crippen LogP contribution in [0.3, 0.4) is 0 Å². The molecule has 0 bridgehead atoms. The predicted octanol–water partition coefficient (Wildman–Crippen LogP) is 1.25. The van der Waals surface area contributed by atoms with Crippen LogP contribution in [0.1, 0.15) is 36.7 Å². The largest absolute Gasteiger partial charge is 0.385 e. The van der Waals surface area contributed by atoms with Crippen LogP contribution in [0.2, 0.25) is 0 Å². The number of piperidine rings is 1. The van der Waals surface area contributed by atoms with Gasteiger partial charge in [0.05, 0.1) is 0 Å². The van der Waals surface area contributed by atoms with Crippen molar-refractivity contribution in [3.63, 3.8) is 0 Å². The first-order valence-electron chi connectivity index (χ1n) is 7.35. The van der Waals surface area contributed by atoms with Crippen LogP contribution in [-0.4, -0.2) is 47.9 Å². The third-order valence-corrected chi connectivity index (χ3v) is 3.53. The Morgan fingerprint density at radius 3 is 3.05 bits per heavy atom. The number of likely N-dealkylation sites (tertiary alicyclic amines) is 1. The second-order valence-electron chi connectivity index (χ2n) is 5.34. The van der Waals surface area contributed by atoms with Gasteiger partial charge in [-0.1, -0.05) is 6.92 Å². The molecule has 6 nitrogen and oxygen atoms in total. The molecule has 1 aromatic rings. The normalized spacial score (nSPS) is 18.5. The van der Waals surface area contributed by atoms with Crippen molar-refractivity contribution in [2.75, 3.05) is 25.5 Å². The van der Waals surface area contributed by atoms with Gasteiger partial charge in [0.1, 0.15) is 5.69 Å². The number of nitrogens with one attached hydrogen (secondary N) is 2. The van der Waals surface area contributed by atoms with E-state index in [0.29, 0.717) is 25.1 Å². The Hall–Kier alpha value is -2.11. The highest BCUT2D eigenvalue weighted by Gasteiger charge is 2.24. The molecule has 6 heteroatoms. The molecule has 0 saturated carbocycles. The van der Waals surface area contributed by atoms with Crippen molar-refractivity contribution in [1.82, 2.24) is 15.2 Å². The van der Waals surface area contributed by atoms with Crippen LogP contribution in [0.5, 0.6) is 0 Å². The molecule has 0 radical (unpaired) electrons. The first kappa shape index (κ1) is 15.3. The van der Waals surface area contributed by atoms with Gasteiger partial charge in [0.2, 0.25) is 5.91 Å². The maximum Gasteiger partial charge on any atom is 0.270 e. The van der Waals surface area contributed by atoms with Crippen LogP contribution >= 0.6 is 0 Å². The zero-order valence-corrected chi connectivity index (χ0v) is 12.6. The molecule has 0 aromatic carbocycles. The maximum atomic E-state index is 12.2. The van der Waals surface area contributed by atoms with E-state index in [-0.39, 0.29) is 17.9 Å². The minimum atomic E-state index is -0.192. The van der Waals surface area contributed by atoms with Crippen LogP contribution in [0.15, 0.2) is 18.3 Å². The number of amides is 2. The lowest BCUT2D eigenvalue weighted by Crippen LogP contribution is -2.48. The van der Waals surface area contributed by atoms with Crippen LogP contribution in [0.4, 0.5) is 5.69 Å². The summed E-state index contributed by atoms with van der Waals surface area (Å²) in [5.74, 6) is -0.0627. The van der Waals surface area contributed by atoms with Crippen LogP contribution < -0.4 is 10.6 Å². The SMILES string of the molecule is CCCNc1ccnc(C(=O)NC2CCC(=O)N(C)C2)c1. The van der Waals surface area contributed by atoms with E-state index in [1.165, 1.54) is 0 Å². The first-order valence-corrected chi connectivity index (χ1v) is 7.35. The number of rotatable bonds is 5. The number of nitrogens with zero attached hydrogens (tertiary/aromatic N) is 2. The quantitative estimate of drug-likeness (QED) is 0.856. The molecule has 2 amide bonds. The summed E-state index contributed by atoms with van der Waals surface area (Å²) in [7, 11) is 1.76. The van der Waals surface area contributed by atoms with E-state index in [2.05, 4.69) is 22.5 Å². The fourth-order valence-corrected chi connectivity index (χ4v) is 2.32. The number of aromatic nitrogens is 1. The Morgan fingerprint density at radius 1 is 1.52 bits per heavy atom. The van der Waals surface area contributed by atoms with E-state index in [4.69, 9.17) is 0 Å². The first-order chi connectivity index (χ1) is 10.1. The molecule has 2 heterocycles. The standard InChI is InChI=1S/C15H22N4O2/c1-3-7-16-11-6-8-17-13(9-11)15(21)18-12-4-5-14(20)19(2)10-12/h6,8-9,12H,3-5,7,10H2,1-2H3,(H,16,17)(H,18,21). The third-order valence-electron chi connectivity index (χ3n) is 3.53. The van der Waals surface area contributed by atoms with Gasteiger partial charge in [-0.05, 0) is 25.0 Å². The van der Waals surface area contributed by atoms with Crippen molar-refractivity contribution < 1.29 is 9.59 Å². The van der Waals surface area contributed by atoms with E-state index >= 15 is 0 Å². The maximum absolute atomic E-state index is 12.2. The second-order valence-corrected chi connectivity index (χ2v) is 5.34. The number of likely N-dealkylation sites (N-methyl/N-ethyl adjacent to an activating group) is 1. The monoisotopic (exact) mass is 290 g/mol. The number of hydrogen-bond acceptors (Lipinski definition) is 4. The molecular weight excluding hydrogens is 268 g/mol. The van der Waals surface area contributed by atoms with Crippen molar-refractivity contribution in [2.24, 2.45) is 0 Å². The smallest absolute Gasteiger partial charge is 0.270 e. The van der Waals surface area contributed by atoms with Crippen molar-refractivity contribution >= 4 is 17.5 Å². The van der Waals surface area contributed by atoms with Crippen LogP contribution in [-0.2, 0) is 4.79 Å². The lowest BCUT2D eigenvalue weighted by atomic mass is 10.1. The van der Waals surface area contributed by atoms with E-state index in [1.807, 2.05) is 6.07 Å². The summed E-state index contributed by atoms with van der Waals surface area (Å²) in [5, 5.41) is 6.18. The minimum Gasteiger partial charge on any atom is -0.385 e. The highest BCUT2D eigenvalue weighted by molar-refractivity contribution is 5.93. The van der Waals surface area contributed by atoms with Gasteiger partial charge in [0.15, 0.2) is 0 Å². The molecule has 2 rings (SSSR count). The highest BCUT2D eigenvalue weighted by atomic mass is 16.2. The van der Waals surface area contributed by atoms with Crippen molar-refractivity contribution in [3.05, 3.63) is 24.0 Å². The zero-order valence-electron chi connectivity index (χ0n) is 12.6. The van der Waals surface area contributed by atoms with Crippen molar-refractivity contribution in [3.8, 4) is 0 Å². The molecule has 1 aliphatic heterocycles. The van der Waals surface area contributed by atoms with Gasteiger partial charge in [0, 0.05) is 44.5 Å². The molecule has 2 N–H and O–H groups in total. The fourth-order valence-electron chi connectivity index (χ4n) is 2.32. The Kier molecular flexibility index (Phi) is 5.14. The van der Waals surface area contributed by atoms with Gasteiger partial charge in [-0.15, -0.1) is 0 Å². The Balaban J connectivity index is 1.95. The van der Waals surface area contributed by atoms with Gasteiger partial charge in [-0.2, -0.15) is 0 Å². The Labute approximate surface area is 124 Å². The molecule has 1 saturated heterocycles. The predicted molar refractivity (Wildman–Crippen MR) is 81.1 cm³/mol. The Morgan fingerprint density at radius 2 is 2.33 bits per heavy atom. The number of hydrogen-bond donors (Lipinski definition) is 2. The van der Waals surface area contributed by atoms with E-state index in [1.54, 1.807) is 24.2 Å². The molecule has 0 spiro atoms. The molecule has 114 valence electrons. The van der Waals surface area contributed by atoms with Crippen molar-refractivity contribution in [1.29, 1.82) is 0 Å². The summed E-state index contributed by atoms with van der Waals surface area (Å²) < 4.78 is 0. The Bertz CT molecular complexity index is 518. The number of carbonyl (C=O) groups excluding carboxylic acids is 2.